The summed E-state index contributed by atoms with van der Waals surface area (Å²) in [7, 11) is 0. The Balaban J connectivity index is 2.81. The van der Waals surface area contributed by atoms with Crippen molar-refractivity contribution in [3.63, 3.8) is 0 Å². The Kier molecular flexibility index (Phi) is 4.69. The first-order valence-electron chi connectivity index (χ1n) is 5.56. The molecule has 0 bridgehead atoms. The van der Waals surface area contributed by atoms with Crippen molar-refractivity contribution in [3.05, 3.63) is 29.8 Å². The van der Waals surface area contributed by atoms with E-state index in [9.17, 15) is 9.59 Å². The first-order chi connectivity index (χ1) is 8.00. The summed E-state index contributed by atoms with van der Waals surface area (Å²) in [6.45, 7) is 5.92. The van der Waals surface area contributed by atoms with Gasteiger partial charge in [-0.2, -0.15) is 0 Å². The van der Waals surface area contributed by atoms with E-state index in [1.807, 2.05) is 13.8 Å². The number of hydrogen-bond acceptors (Lipinski definition) is 3. The maximum atomic E-state index is 11.8. The van der Waals surface area contributed by atoms with Crippen molar-refractivity contribution in [1.82, 2.24) is 5.32 Å². The molecule has 1 aromatic rings. The quantitative estimate of drug-likeness (QED) is 0.641. The van der Waals surface area contributed by atoms with Crippen molar-refractivity contribution in [3.8, 4) is 5.75 Å². The predicted molar refractivity (Wildman–Crippen MR) is 64.9 cm³/mol. The van der Waals surface area contributed by atoms with Gasteiger partial charge in [-0.1, -0.05) is 26.0 Å². The number of ether oxygens (including phenoxy) is 1. The summed E-state index contributed by atoms with van der Waals surface area (Å²) >= 11 is 0. The van der Waals surface area contributed by atoms with Crippen LogP contribution in [0.5, 0.6) is 5.75 Å². The fourth-order valence-corrected chi connectivity index (χ4v) is 1.29. The topological polar surface area (TPSA) is 55.4 Å². The number of esters is 1. The number of nitrogens with one attached hydrogen (secondary N) is 1. The Morgan fingerprint density at radius 1 is 1.29 bits per heavy atom. The highest BCUT2D eigenvalue weighted by atomic mass is 16.5. The smallest absolute Gasteiger partial charge is 0.308 e. The maximum Gasteiger partial charge on any atom is 0.308 e. The van der Waals surface area contributed by atoms with Crippen molar-refractivity contribution in [2.75, 3.05) is 6.54 Å². The Hall–Kier alpha value is -1.84. The van der Waals surface area contributed by atoms with E-state index < -0.39 is 5.97 Å². The lowest BCUT2D eigenvalue weighted by Crippen LogP contribution is -2.27. The van der Waals surface area contributed by atoms with E-state index in [-0.39, 0.29) is 5.91 Å². The van der Waals surface area contributed by atoms with E-state index >= 15 is 0 Å². The lowest BCUT2D eigenvalue weighted by atomic mass is 10.1. The van der Waals surface area contributed by atoms with Gasteiger partial charge in [0.05, 0.1) is 5.56 Å². The van der Waals surface area contributed by atoms with Gasteiger partial charge in [0.25, 0.3) is 5.91 Å². The van der Waals surface area contributed by atoms with Gasteiger partial charge in [0.1, 0.15) is 5.75 Å². The summed E-state index contributed by atoms with van der Waals surface area (Å²) in [6.07, 6.45) is 0. The molecule has 4 nitrogen and oxygen atoms in total. The van der Waals surface area contributed by atoms with Gasteiger partial charge < -0.3 is 10.1 Å². The molecular formula is C13H17NO3. The molecule has 4 heteroatoms. The number of para-hydroxylation sites is 1. The largest absolute Gasteiger partial charge is 0.426 e. The highest BCUT2D eigenvalue weighted by Gasteiger charge is 2.13. The van der Waals surface area contributed by atoms with Crippen LogP contribution < -0.4 is 10.1 Å². The van der Waals surface area contributed by atoms with Gasteiger partial charge in [-0.3, -0.25) is 9.59 Å². The predicted octanol–water partition coefficient (Wildman–Crippen LogP) is 2.00. The van der Waals surface area contributed by atoms with Crippen LogP contribution in [0.3, 0.4) is 0 Å². The van der Waals surface area contributed by atoms with Gasteiger partial charge in [0.2, 0.25) is 0 Å². The zero-order valence-electron chi connectivity index (χ0n) is 10.3. The highest BCUT2D eigenvalue weighted by Crippen LogP contribution is 2.17. The molecule has 0 unspecified atom stereocenters. The molecule has 0 aliphatic heterocycles. The van der Waals surface area contributed by atoms with Crippen LogP contribution in [0.1, 0.15) is 31.1 Å². The van der Waals surface area contributed by atoms with Crippen LogP contribution in [0, 0.1) is 5.92 Å². The van der Waals surface area contributed by atoms with Crippen molar-refractivity contribution >= 4 is 11.9 Å². The first kappa shape index (κ1) is 13.2. The summed E-state index contributed by atoms with van der Waals surface area (Å²) in [5.41, 5.74) is 0.378. The van der Waals surface area contributed by atoms with Crippen molar-refractivity contribution in [2.24, 2.45) is 5.92 Å². The Morgan fingerprint density at radius 3 is 2.53 bits per heavy atom. The fourth-order valence-electron chi connectivity index (χ4n) is 1.29. The highest BCUT2D eigenvalue weighted by molar-refractivity contribution is 5.97. The van der Waals surface area contributed by atoms with Crippen LogP contribution in [0.4, 0.5) is 0 Å². The molecule has 0 aliphatic rings. The molecule has 0 atom stereocenters. The van der Waals surface area contributed by atoms with E-state index in [0.29, 0.717) is 23.8 Å². The van der Waals surface area contributed by atoms with Crippen LogP contribution in [0.2, 0.25) is 0 Å². The number of amides is 1. The van der Waals surface area contributed by atoms with Crippen LogP contribution >= 0.6 is 0 Å². The number of carbonyl (C=O) groups is 2. The number of carbonyl (C=O) groups excluding carboxylic acids is 2. The Labute approximate surface area is 101 Å². The molecule has 92 valence electrons. The lowest BCUT2D eigenvalue weighted by Gasteiger charge is -2.10. The SMILES string of the molecule is CC(=O)Oc1ccccc1C(=O)NCC(C)C. The van der Waals surface area contributed by atoms with Crippen molar-refractivity contribution in [2.45, 2.75) is 20.8 Å². The average Bonchev–Trinajstić information content (AvgIpc) is 2.25. The molecular weight excluding hydrogens is 218 g/mol. The van der Waals surface area contributed by atoms with Gasteiger partial charge in [-0.05, 0) is 18.1 Å². The van der Waals surface area contributed by atoms with Gasteiger partial charge in [0, 0.05) is 13.5 Å². The number of hydrogen-bond donors (Lipinski definition) is 1. The average molecular weight is 235 g/mol. The first-order valence-corrected chi connectivity index (χ1v) is 5.56. The van der Waals surface area contributed by atoms with Gasteiger partial charge in [0.15, 0.2) is 0 Å². The second-order valence-electron chi connectivity index (χ2n) is 4.19. The summed E-state index contributed by atoms with van der Waals surface area (Å²) in [4.78, 5) is 22.7. The molecule has 0 saturated heterocycles. The molecule has 1 rings (SSSR count). The molecule has 0 saturated carbocycles. The third-order valence-corrected chi connectivity index (χ3v) is 2.06. The van der Waals surface area contributed by atoms with E-state index in [2.05, 4.69) is 5.32 Å². The second-order valence-corrected chi connectivity index (χ2v) is 4.19. The monoisotopic (exact) mass is 235 g/mol. The molecule has 0 aromatic heterocycles. The van der Waals surface area contributed by atoms with Gasteiger partial charge in [-0.15, -0.1) is 0 Å². The third kappa shape index (κ3) is 4.26. The van der Waals surface area contributed by atoms with E-state index in [1.165, 1.54) is 6.92 Å². The Morgan fingerprint density at radius 2 is 1.94 bits per heavy atom. The normalized spacial score (nSPS) is 10.1. The fraction of sp³-hybridized carbons (Fsp3) is 0.385. The summed E-state index contributed by atoms with van der Waals surface area (Å²) in [6, 6.07) is 6.69. The van der Waals surface area contributed by atoms with Crippen LogP contribution in [-0.2, 0) is 4.79 Å². The van der Waals surface area contributed by atoms with Crippen LogP contribution in [0.25, 0.3) is 0 Å². The van der Waals surface area contributed by atoms with E-state index in [1.54, 1.807) is 24.3 Å². The zero-order chi connectivity index (χ0) is 12.8. The summed E-state index contributed by atoms with van der Waals surface area (Å²) in [5.74, 6) is 0.00533. The Bertz CT molecular complexity index is 413. The van der Waals surface area contributed by atoms with E-state index in [4.69, 9.17) is 4.74 Å². The molecule has 1 N–H and O–H groups in total. The van der Waals surface area contributed by atoms with Crippen molar-refractivity contribution < 1.29 is 14.3 Å². The molecule has 0 spiro atoms. The van der Waals surface area contributed by atoms with Crippen LogP contribution in [-0.4, -0.2) is 18.4 Å². The summed E-state index contributed by atoms with van der Waals surface area (Å²) < 4.78 is 4.97. The van der Waals surface area contributed by atoms with Gasteiger partial charge in [-0.25, -0.2) is 0 Å². The molecule has 1 amide bonds. The van der Waals surface area contributed by atoms with Crippen LogP contribution in [0.15, 0.2) is 24.3 Å². The minimum atomic E-state index is -0.436. The standard InChI is InChI=1S/C13H17NO3/c1-9(2)8-14-13(16)11-6-4-5-7-12(11)17-10(3)15/h4-7,9H,8H2,1-3H3,(H,14,16). The maximum absolute atomic E-state index is 11.8. The molecule has 1 aromatic carbocycles. The number of benzene rings is 1. The summed E-state index contributed by atoms with van der Waals surface area (Å²) in [5, 5.41) is 2.78. The molecule has 17 heavy (non-hydrogen) atoms. The second kappa shape index (κ2) is 6.03. The van der Waals surface area contributed by atoms with E-state index in [0.717, 1.165) is 0 Å². The lowest BCUT2D eigenvalue weighted by molar-refractivity contribution is -0.131. The minimum Gasteiger partial charge on any atom is -0.426 e. The molecule has 0 aliphatic carbocycles. The van der Waals surface area contributed by atoms with Crippen molar-refractivity contribution in [1.29, 1.82) is 0 Å². The molecule has 0 radical (unpaired) electrons. The third-order valence-electron chi connectivity index (χ3n) is 2.06. The zero-order valence-corrected chi connectivity index (χ0v) is 10.3. The van der Waals surface area contributed by atoms with Gasteiger partial charge >= 0.3 is 5.97 Å². The number of rotatable bonds is 4. The minimum absolute atomic E-state index is 0.226. The molecule has 0 fully saturated rings. The molecule has 0 heterocycles.